The molecule has 1 N–H and O–H groups in total. The van der Waals surface area contributed by atoms with Crippen LogP contribution in [0, 0.1) is 12.7 Å². The Kier molecular flexibility index (Phi) is 5.61. The maximum absolute atomic E-state index is 13.8. The molecular weight excluding hydrogens is 273 g/mol. The summed E-state index contributed by atoms with van der Waals surface area (Å²) in [5.41, 5.74) is 1.58. The van der Waals surface area contributed by atoms with Gasteiger partial charge in [-0.25, -0.2) is 4.39 Å². The van der Waals surface area contributed by atoms with E-state index in [1.54, 1.807) is 6.07 Å². The highest BCUT2D eigenvalue weighted by Crippen LogP contribution is 2.27. The summed E-state index contributed by atoms with van der Waals surface area (Å²) in [6.07, 6.45) is 3.07. The lowest BCUT2D eigenvalue weighted by atomic mass is 10.1. The van der Waals surface area contributed by atoms with Crippen LogP contribution in [0.25, 0.3) is 10.6 Å². The molecule has 0 aliphatic rings. The third-order valence-electron chi connectivity index (χ3n) is 2.99. The molecule has 0 amide bonds. The number of hydrogen-bond acceptors (Lipinski definition) is 4. The molecular formula is C15H20FN3S. The summed E-state index contributed by atoms with van der Waals surface area (Å²) in [5.74, 6) is -0.233. The zero-order valence-electron chi connectivity index (χ0n) is 11.9. The highest BCUT2D eigenvalue weighted by molar-refractivity contribution is 7.14. The highest BCUT2D eigenvalue weighted by atomic mass is 32.1. The standard InChI is InChI=1S/C15H20FN3S/c1-3-8-17-9-4-5-14-18-19-15(20-14)12-10-11(2)6-7-13(12)16/h6-7,10,17H,3-5,8-9H2,1-2H3. The highest BCUT2D eigenvalue weighted by Gasteiger charge is 2.11. The third kappa shape index (κ3) is 4.08. The Morgan fingerprint density at radius 3 is 2.90 bits per heavy atom. The number of benzene rings is 1. The van der Waals surface area contributed by atoms with Gasteiger partial charge >= 0.3 is 0 Å². The first-order valence-corrected chi connectivity index (χ1v) is 7.82. The molecule has 0 saturated heterocycles. The summed E-state index contributed by atoms with van der Waals surface area (Å²) in [5, 5.41) is 13.3. The maximum atomic E-state index is 13.8. The Hall–Kier alpha value is -1.33. The van der Waals surface area contributed by atoms with E-state index in [1.165, 1.54) is 17.4 Å². The lowest BCUT2D eigenvalue weighted by Crippen LogP contribution is -2.16. The van der Waals surface area contributed by atoms with Crippen molar-refractivity contribution in [2.24, 2.45) is 0 Å². The van der Waals surface area contributed by atoms with Crippen LogP contribution in [0.5, 0.6) is 0 Å². The average Bonchev–Trinajstić information content (AvgIpc) is 2.90. The minimum atomic E-state index is -0.233. The van der Waals surface area contributed by atoms with Gasteiger partial charge in [0.2, 0.25) is 0 Å². The van der Waals surface area contributed by atoms with Crippen LogP contribution in [0.15, 0.2) is 18.2 Å². The minimum Gasteiger partial charge on any atom is -0.317 e. The predicted molar refractivity (Wildman–Crippen MR) is 81.5 cm³/mol. The lowest BCUT2D eigenvalue weighted by Gasteiger charge is -2.00. The second kappa shape index (κ2) is 7.45. The Morgan fingerprint density at radius 1 is 1.25 bits per heavy atom. The van der Waals surface area contributed by atoms with Gasteiger partial charge in [0.25, 0.3) is 0 Å². The topological polar surface area (TPSA) is 37.8 Å². The molecule has 2 rings (SSSR count). The largest absolute Gasteiger partial charge is 0.317 e. The van der Waals surface area contributed by atoms with Gasteiger partial charge in [-0.1, -0.05) is 29.9 Å². The molecule has 1 aromatic carbocycles. The normalized spacial score (nSPS) is 10.9. The van der Waals surface area contributed by atoms with Crippen molar-refractivity contribution in [2.75, 3.05) is 13.1 Å². The van der Waals surface area contributed by atoms with E-state index in [1.807, 2.05) is 13.0 Å². The van der Waals surface area contributed by atoms with Crippen LogP contribution in [0.1, 0.15) is 30.3 Å². The zero-order valence-corrected chi connectivity index (χ0v) is 12.8. The van der Waals surface area contributed by atoms with Crippen LogP contribution in [0.3, 0.4) is 0 Å². The van der Waals surface area contributed by atoms with Crippen LogP contribution in [0.4, 0.5) is 4.39 Å². The predicted octanol–water partition coefficient (Wildman–Crippen LogP) is 3.58. The molecule has 0 unspecified atom stereocenters. The van der Waals surface area contributed by atoms with E-state index in [0.29, 0.717) is 10.6 Å². The van der Waals surface area contributed by atoms with Crippen molar-refractivity contribution in [1.29, 1.82) is 0 Å². The van der Waals surface area contributed by atoms with E-state index in [0.717, 1.165) is 42.9 Å². The van der Waals surface area contributed by atoms with Gasteiger partial charge in [-0.05, 0) is 45.0 Å². The van der Waals surface area contributed by atoms with Gasteiger partial charge in [-0.3, -0.25) is 0 Å². The second-order valence-electron chi connectivity index (χ2n) is 4.84. The first-order valence-electron chi connectivity index (χ1n) is 7.00. The van der Waals surface area contributed by atoms with Gasteiger partial charge in [-0.2, -0.15) is 0 Å². The van der Waals surface area contributed by atoms with Gasteiger partial charge in [0.05, 0.1) is 0 Å². The average molecular weight is 293 g/mol. The number of nitrogens with zero attached hydrogens (tertiary/aromatic N) is 2. The van der Waals surface area contributed by atoms with Gasteiger partial charge in [0.15, 0.2) is 5.01 Å². The third-order valence-corrected chi connectivity index (χ3v) is 4.01. The number of aryl methyl sites for hydroxylation is 2. The summed E-state index contributed by atoms with van der Waals surface area (Å²) < 4.78 is 13.8. The summed E-state index contributed by atoms with van der Waals surface area (Å²) in [4.78, 5) is 0. The fourth-order valence-electron chi connectivity index (χ4n) is 1.93. The summed E-state index contributed by atoms with van der Waals surface area (Å²) in [7, 11) is 0. The summed E-state index contributed by atoms with van der Waals surface area (Å²) >= 11 is 1.48. The van der Waals surface area contributed by atoms with E-state index >= 15 is 0 Å². The van der Waals surface area contributed by atoms with Crippen molar-refractivity contribution in [3.63, 3.8) is 0 Å². The van der Waals surface area contributed by atoms with Crippen molar-refractivity contribution >= 4 is 11.3 Å². The second-order valence-corrected chi connectivity index (χ2v) is 5.90. The Balaban J connectivity index is 1.96. The molecule has 0 saturated carbocycles. The van der Waals surface area contributed by atoms with Gasteiger partial charge < -0.3 is 5.32 Å². The van der Waals surface area contributed by atoms with Gasteiger partial charge in [-0.15, -0.1) is 10.2 Å². The van der Waals surface area contributed by atoms with Crippen LogP contribution in [-0.4, -0.2) is 23.3 Å². The SMILES string of the molecule is CCCNCCCc1nnc(-c2cc(C)ccc2F)s1. The number of halogens is 1. The monoisotopic (exact) mass is 293 g/mol. The molecule has 0 aliphatic heterocycles. The van der Waals surface area contributed by atoms with Crippen molar-refractivity contribution in [1.82, 2.24) is 15.5 Å². The van der Waals surface area contributed by atoms with Crippen LogP contribution < -0.4 is 5.32 Å². The maximum Gasteiger partial charge on any atom is 0.150 e. The molecule has 1 heterocycles. The molecule has 0 atom stereocenters. The summed E-state index contributed by atoms with van der Waals surface area (Å²) in [6, 6.07) is 5.07. The van der Waals surface area contributed by atoms with Crippen molar-refractivity contribution < 1.29 is 4.39 Å². The fourth-order valence-corrected chi connectivity index (χ4v) is 2.83. The van der Waals surface area contributed by atoms with Gasteiger partial charge in [0.1, 0.15) is 10.8 Å². The minimum absolute atomic E-state index is 0.233. The van der Waals surface area contributed by atoms with E-state index in [-0.39, 0.29) is 5.82 Å². The zero-order chi connectivity index (χ0) is 14.4. The van der Waals surface area contributed by atoms with Crippen LogP contribution >= 0.6 is 11.3 Å². The van der Waals surface area contributed by atoms with Crippen molar-refractivity contribution in [2.45, 2.75) is 33.1 Å². The number of nitrogens with one attached hydrogen (secondary N) is 1. The number of hydrogen-bond donors (Lipinski definition) is 1. The number of aromatic nitrogens is 2. The van der Waals surface area contributed by atoms with Crippen molar-refractivity contribution in [3.05, 3.63) is 34.6 Å². The number of rotatable bonds is 7. The molecule has 20 heavy (non-hydrogen) atoms. The molecule has 0 radical (unpaired) electrons. The first kappa shape index (κ1) is 15.1. The molecule has 0 fully saturated rings. The Labute approximate surface area is 123 Å². The smallest absolute Gasteiger partial charge is 0.150 e. The summed E-state index contributed by atoms with van der Waals surface area (Å²) in [6.45, 7) is 6.14. The lowest BCUT2D eigenvalue weighted by molar-refractivity contribution is 0.630. The van der Waals surface area contributed by atoms with E-state index < -0.39 is 0 Å². The van der Waals surface area contributed by atoms with Gasteiger partial charge in [0, 0.05) is 12.0 Å². The first-order chi connectivity index (χ1) is 9.70. The van der Waals surface area contributed by atoms with Crippen LogP contribution in [-0.2, 0) is 6.42 Å². The Morgan fingerprint density at radius 2 is 2.10 bits per heavy atom. The van der Waals surface area contributed by atoms with E-state index in [9.17, 15) is 4.39 Å². The van der Waals surface area contributed by atoms with Crippen LogP contribution in [0.2, 0.25) is 0 Å². The molecule has 0 bridgehead atoms. The quantitative estimate of drug-likeness (QED) is 0.793. The molecule has 0 spiro atoms. The van der Waals surface area contributed by atoms with E-state index in [2.05, 4.69) is 22.4 Å². The molecule has 108 valence electrons. The molecule has 5 heteroatoms. The Bertz CT molecular complexity index is 554. The molecule has 2 aromatic rings. The molecule has 1 aromatic heterocycles. The molecule has 3 nitrogen and oxygen atoms in total. The molecule has 0 aliphatic carbocycles. The fraction of sp³-hybridized carbons (Fsp3) is 0.467. The van der Waals surface area contributed by atoms with E-state index in [4.69, 9.17) is 0 Å². The van der Waals surface area contributed by atoms with Crippen molar-refractivity contribution in [3.8, 4) is 10.6 Å².